The van der Waals surface area contributed by atoms with Crippen molar-refractivity contribution in [3.8, 4) is 0 Å². The molecular weight excluding hydrogens is 203 g/mol. The first-order chi connectivity index (χ1) is 6.56. The van der Waals surface area contributed by atoms with Crippen molar-refractivity contribution in [3.63, 3.8) is 0 Å². The van der Waals surface area contributed by atoms with Crippen LogP contribution in [0.5, 0.6) is 0 Å². The van der Waals surface area contributed by atoms with Crippen molar-refractivity contribution in [2.24, 2.45) is 5.73 Å². The standard InChI is InChI=1S/C10H14ClFN2/c1-14(2)7-3-4-8(9(11)5-7)10(13)6-12/h3-5,10H,6,13H2,1-2H3/t10-/m0/s1. The maximum Gasteiger partial charge on any atom is 0.109 e. The third-order valence-corrected chi connectivity index (χ3v) is 2.39. The van der Waals surface area contributed by atoms with Gasteiger partial charge in [0, 0.05) is 24.8 Å². The van der Waals surface area contributed by atoms with Crippen molar-refractivity contribution in [3.05, 3.63) is 28.8 Å². The molecule has 0 saturated heterocycles. The monoisotopic (exact) mass is 216 g/mol. The van der Waals surface area contributed by atoms with Gasteiger partial charge in [0.25, 0.3) is 0 Å². The smallest absolute Gasteiger partial charge is 0.109 e. The summed E-state index contributed by atoms with van der Waals surface area (Å²) in [5.74, 6) is 0. The van der Waals surface area contributed by atoms with Gasteiger partial charge < -0.3 is 10.6 Å². The van der Waals surface area contributed by atoms with Crippen LogP contribution in [0.15, 0.2) is 18.2 Å². The summed E-state index contributed by atoms with van der Waals surface area (Å²) < 4.78 is 12.3. The Balaban J connectivity index is 3.01. The zero-order valence-corrected chi connectivity index (χ0v) is 9.05. The van der Waals surface area contributed by atoms with Gasteiger partial charge in [-0.05, 0) is 17.7 Å². The minimum absolute atomic E-state index is 0.515. The van der Waals surface area contributed by atoms with E-state index in [0.29, 0.717) is 10.6 Å². The molecule has 1 aromatic carbocycles. The molecule has 0 unspecified atom stereocenters. The molecule has 0 aliphatic heterocycles. The molecule has 1 atom stereocenters. The average molecular weight is 217 g/mol. The quantitative estimate of drug-likeness (QED) is 0.841. The van der Waals surface area contributed by atoms with Crippen LogP contribution in [0.4, 0.5) is 10.1 Å². The minimum atomic E-state index is -0.626. The second kappa shape index (κ2) is 4.62. The number of halogens is 2. The summed E-state index contributed by atoms with van der Waals surface area (Å²) >= 11 is 5.97. The van der Waals surface area contributed by atoms with Crippen LogP contribution in [0.3, 0.4) is 0 Å². The Morgan fingerprint density at radius 1 is 1.50 bits per heavy atom. The van der Waals surface area contributed by atoms with E-state index in [1.54, 1.807) is 12.1 Å². The summed E-state index contributed by atoms with van der Waals surface area (Å²) in [6, 6.07) is 4.80. The van der Waals surface area contributed by atoms with Crippen molar-refractivity contribution < 1.29 is 4.39 Å². The molecule has 0 bridgehead atoms. The molecule has 0 aromatic heterocycles. The molecule has 0 fully saturated rings. The van der Waals surface area contributed by atoms with Crippen molar-refractivity contribution in [1.29, 1.82) is 0 Å². The molecule has 1 rings (SSSR count). The predicted molar refractivity (Wildman–Crippen MR) is 58.7 cm³/mol. The van der Waals surface area contributed by atoms with E-state index in [1.807, 2.05) is 25.1 Å². The first kappa shape index (κ1) is 11.3. The van der Waals surface area contributed by atoms with E-state index in [1.165, 1.54) is 0 Å². The van der Waals surface area contributed by atoms with Gasteiger partial charge in [0.05, 0.1) is 6.04 Å². The number of alkyl halides is 1. The van der Waals surface area contributed by atoms with Gasteiger partial charge in [-0.25, -0.2) is 4.39 Å². The number of benzene rings is 1. The van der Waals surface area contributed by atoms with Gasteiger partial charge in [-0.1, -0.05) is 17.7 Å². The van der Waals surface area contributed by atoms with Crippen LogP contribution < -0.4 is 10.6 Å². The molecular formula is C10H14ClFN2. The SMILES string of the molecule is CN(C)c1ccc([C@@H](N)CF)c(Cl)c1. The minimum Gasteiger partial charge on any atom is -0.378 e. The summed E-state index contributed by atoms with van der Waals surface area (Å²) in [5.41, 5.74) is 7.18. The lowest BCUT2D eigenvalue weighted by atomic mass is 10.1. The number of nitrogens with two attached hydrogens (primary N) is 1. The fourth-order valence-electron chi connectivity index (χ4n) is 1.18. The molecule has 0 saturated carbocycles. The largest absolute Gasteiger partial charge is 0.378 e. The molecule has 0 aliphatic carbocycles. The molecule has 0 heterocycles. The summed E-state index contributed by atoms with van der Waals surface area (Å²) in [7, 11) is 3.83. The van der Waals surface area contributed by atoms with Gasteiger partial charge in [0.1, 0.15) is 6.67 Å². The summed E-state index contributed by atoms with van der Waals surface area (Å²) in [4.78, 5) is 1.93. The van der Waals surface area contributed by atoms with Crippen LogP contribution in [0.1, 0.15) is 11.6 Å². The molecule has 2 nitrogen and oxygen atoms in total. The molecule has 0 spiro atoms. The van der Waals surface area contributed by atoms with Crippen molar-refractivity contribution in [1.82, 2.24) is 0 Å². The third-order valence-electron chi connectivity index (χ3n) is 2.07. The van der Waals surface area contributed by atoms with E-state index in [0.717, 1.165) is 5.69 Å². The second-order valence-electron chi connectivity index (χ2n) is 3.36. The van der Waals surface area contributed by atoms with Crippen molar-refractivity contribution in [2.45, 2.75) is 6.04 Å². The Kier molecular flexibility index (Phi) is 3.72. The van der Waals surface area contributed by atoms with Crippen LogP contribution in [-0.4, -0.2) is 20.8 Å². The lowest BCUT2D eigenvalue weighted by Crippen LogP contribution is -2.14. The Bertz CT molecular complexity index is 315. The average Bonchev–Trinajstić information content (AvgIpc) is 2.16. The molecule has 2 N–H and O–H groups in total. The number of anilines is 1. The topological polar surface area (TPSA) is 29.3 Å². The highest BCUT2D eigenvalue weighted by atomic mass is 35.5. The Hall–Kier alpha value is -0.800. The molecule has 78 valence electrons. The van der Waals surface area contributed by atoms with E-state index in [9.17, 15) is 4.39 Å². The number of nitrogens with zero attached hydrogens (tertiary/aromatic N) is 1. The summed E-state index contributed by atoms with van der Waals surface area (Å²) in [6.07, 6.45) is 0. The molecule has 0 aliphatic rings. The third kappa shape index (κ3) is 2.36. The van der Waals surface area contributed by atoms with Crippen molar-refractivity contribution in [2.75, 3.05) is 25.7 Å². The Morgan fingerprint density at radius 2 is 2.14 bits per heavy atom. The molecule has 1 aromatic rings. The highest BCUT2D eigenvalue weighted by molar-refractivity contribution is 6.31. The van der Waals surface area contributed by atoms with Gasteiger partial charge in [0.2, 0.25) is 0 Å². The van der Waals surface area contributed by atoms with Gasteiger partial charge in [-0.3, -0.25) is 0 Å². The van der Waals surface area contributed by atoms with Gasteiger partial charge in [0.15, 0.2) is 0 Å². The fourth-order valence-corrected chi connectivity index (χ4v) is 1.49. The van der Waals surface area contributed by atoms with E-state index < -0.39 is 12.7 Å². The first-order valence-electron chi connectivity index (χ1n) is 4.34. The first-order valence-corrected chi connectivity index (χ1v) is 4.72. The lowest BCUT2D eigenvalue weighted by Gasteiger charge is -2.16. The second-order valence-corrected chi connectivity index (χ2v) is 3.77. The van der Waals surface area contributed by atoms with E-state index in [4.69, 9.17) is 17.3 Å². The highest BCUT2D eigenvalue weighted by Crippen LogP contribution is 2.26. The Labute approximate surface area is 88.5 Å². The highest BCUT2D eigenvalue weighted by Gasteiger charge is 2.10. The zero-order chi connectivity index (χ0) is 10.7. The Morgan fingerprint density at radius 3 is 2.57 bits per heavy atom. The molecule has 14 heavy (non-hydrogen) atoms. The fraction of sp³-hybridized carbons (Fsp3) is 0.400. The number of hydrogen-bond acceptors (Lipinski definition) is 2. The van der Waals surface area contributed by atoms with Crippen LogP contribution >= 0.6 is 11.6 Å². The van der Waals surface area contributed by atoms with Crippen LogP contribution in [-0.2, 0) is 0 Å². The van der Waals surface area contributed by atoms with E-state index in [2.05, 4.69) is 0 Å². The maximum absolute atomic E-state index is 12.3. The lowest BCUT2D eigenvalue weighted by molar-refractivity contribution is 0.437. The van der Waals surface area contributed by atoms with Crippen LogP contribution in [0, 0.1) is 0 Å². The normalized spacial score (nSPS) is 12.6. The van der Waals surface area contributed by atoms with E-state index in [-0.39, 0.29) is 0 Å². The maximum atomic E-state index is 12.3. The molecule has 4 heteroatoms. The van der Waals surface area contributed by atoms with Crippen LogP contribution in [0.25, 0.3) is 0 Å². The zero-order valence-electron chi connectivity index (χ0n) is 8.30. The van der Waals surface area contributed by atoms with Crippen molar-refractivity contribution >= 4 is 17.3 Å². The summed E-state index contributed by atoms with van der Waals surface area (Å²) in [6.45, 7) is -0.596. The predicted octanol–water partition coefficient (Wildman–Crippen LogP) is 2.38. The van der Waals surface area contributed by atoms with Crippen LogP contribution in [0.2, 0.25) is 5.02 Å². The number of rotatable bonds is 3. The molecule has 0 radical (unpaired) electrons. The summed E-state index contributed by atoms with van der Waals surface area (Å²) in [5, 5.41) is 0.515. The molecule has 0 amide bonds. The van der Waals surface area contributed by atoms with E-state index >= 15 is 0 Å². The number of hydrogen-bond donors (Lipinski definition) is 1. The van der Waals surface area contributed by atoms with Gasteiger partial charge >= 0.3 is 0 Å². The van der Waals surface area contributed by atoms with Gasteiger partial charge in [-0.2, -0.15) is 0 Å². The van der Waals surface area contributed by atoms with Gasteiger partial charge in [-0.15, -0.1) is 0 Å².